The molecule has 1 aliphatic rings. The van der Waals surface area contributed by atoms with Gasteiger partial charge in [0.2, 0.25) is 5.91 Å². The van der Waals surface area contributed by atoms with E-state index in [0.717, 1.165) is 43.8 Å². The third-order valence-corrected chi connectivity index (χ3v) is 5.17. The molecule has 0 bridgehead atoms. The molecule has 2 aromatic rings. The summed E-state index contributed by atoms with van der Waals surface area (Å²) >= 11 is 6.03. The Morgan fingerprint density at radius 1 is 1.11 bits per heavy atom. The van der Waals surface area contributed by atoms with E-state index >= 15 is 0 Å². The largest absolute Gasteiger partial charge is 0.348 e. The van der Waals surface area contributed by atoms with E-state index in [1.165, 1.54) is 17.7 Å². The average Bonchev–Trinajstić information content (AvgIpc) is 2.63. The maximum absolute atomic E-state index is 13.8. The predicted molar refractivity (Wildman–Crippen MR) is 106 cm³/mol. The van der Waals surface area contributed by atoms with E-state index in [-0.39, 0.29) is 18.0 Å². The van der Waals surface area contributed by atoms with Gasteiger partial charge in [-0.3, -0.25) is 14.6 Å². The van der Waals surface area contributed by atoms with Crippen LogP contribution < -0.4 is 5.32 Å². The average molecular weight is 408 g/mol. The highest BCUT2D eigenvalue weighted by atomic mass is 35.5. The Labute approximate surface area is 169 Å². The lowest BCUT2D eigenvalue weighted by molar-refractivity contribution is -0.123. The van der Waals surface area contributed by atoms with Crippen LogP contribution in [0.3, 0.4) is 0 Å². The summed E-state index contributed by atoms with van der Waals surface area (Å²) in [7, 11) is 0. The Balaban J connectivity index is 1.44. The van der Waals surface area contributed by atoms with Crippen LogP contribution >= 0.6 is 11.6 Å². The molecule has 3 rings (SSSR count). The molecule has 4 nitrogen and oxygen atoms in total. The molecule has 0 unspecified atom stereocenters. The Morgan fingerprint density at radius 2 is 1.82 bits per heavy atom. The summed E-state index contributed by atoms with van der Waals surface area (Å²) in [5.74, 6) is -1.45. The van der Waals surface area contributed by atoms with Gasteiger partial charge in [0.1, 0.15) is 11.6 Å². The maximum Gasteiger partial charge on any atom is 0.234 e. The SMILES string of the molecule is C[C@@H](NC(=O)CN1CCN(Cc2cccc(Cl)c2)CC1)c1ccc(F)cc1F. The van der Waals surface area contributed by atoms with Crippen molar-refractivity contribution in [2.75, 3.05) is 32.7 Å². The zero-order valence-electron chi connectivity index (χ0n) is 15.8. The third-order valence-electron chi connectivity index (χ3n) is 4.93. The van der Waals surface area contributed by atoms with Gasteiger partial charge in [-0.2, -0.15) is 0 Å². The molecule has 1 N–H and O–H groups in total. The predicted octanol–water partition coefficient (Wildman–Crippen LogP) is 3.61. The van der Waals surface area contributed by atoms with E-state index in [1.54, 1.807) is 6.92 Å². The van der Waals surface area contributed by atoms with Crippen molar-refractivity contribution in [1.29, 1.82) is 0 Å². The molecule has 0 aliphatic carbocycles. The number of halogens is 3. The van der Waals surface area contributed by atoms with Gasteiger partial charge in [0.25, 0.3) is 0 Å². The van der Waals surface area contributed by atoms with Crippen LogP contribution in [0.2, 0.25) is 5.02 Å². The minimum Gasteiger partial charge on any atom is -0.348 e. The first-order valence-electron chi connectivity index (χ1n) is 9.34. The molecule has 28 heavy (non-hydrogen) atoms. The number of amides is 1. The van der Waals surface area contributed by atoms with E-state index in [1.807, 2.05) is 18.2 Å². The van der Waals surface area contributed by atoms with E-state index in [9.17, 15) is 13.6 Å². The smallest absolute Gasteiger partial charge is 0.234 e. The molecular formula is C21H24ClF2N3O. The van der Waals surface area contributed by atoms with Gasteiger partial charge in [0.15, 0.2) is 0 Å². The van der Waals surface area contributed by atoms with Crippen LogP contribution in [-0.4, -0.2) is 48.4 Å². The number of carbonyl (C=O) groups is 1. The molecule has 1 amide bonds. The van der Waals surface area contributed by atoms with E-state index in [4.69, 9.17) is 11.6 Å². The van der Waals surface area contributed by atoms with Crippen molar-refractivity contribution >= 4 is 17.5 Å². The van der Waals surface area contributed by atoms with Crippen molar-refractivity contribution in [2.24, 2.45) is 0 Å². The number of hydrogen-bond donors (Lipinski definition) is 1. The fourth-order valence-electron chi connectivity index (χ4n) is 3.42. The normalized spacial score (nSPS) is 16.7. The van der Waals surface area contributed by atoms with Gasteiger partial charge in [0.05, 0.1) is 12.6 Å². The molecule has 0 saturated carbocycles. The lowest BCUT2D eigenvalue weighted by Crippen LogP contribution is -2.49. The van der Waals surface area contributed by atoms with Gasteiger partial charge in [0, 0.05) is 49.4 Å². The Hall–Kier alpha value is -2.02. The second-order valence-electron chi connectivity index (χ2n) is 7.14. The van der Waals surface area contributed by atoms with Gasteiger partial charge < -0.3 is 5.32 Å². The van der Waals surface area contributed by atoms with E-state index in [0.29, 0.717) is 0 Å². The van der Waals surface area contributed by atoms with Crippen molar-refractivity contribution in [2.45, 2.75) is 19.5 Å². The summed E-state index contributed by atoms with van der Waals surface area (Å²) in [6.45, 7) is 6.08. The summed E-state index contributed by atoms with van der Waals surface area (Å²) in [6.07, 6.45) is 0. The second kappa shape index (κ2) is 9.45. The third kappa shape index (κ3) is 5.74. The topological polar surface area (TPSA) is 35.6 Å². The number of nitrogens with one attached hydrogen (secondary N) is 1. The first-order valence-corrected chi connectivity index (χ1v) is 9.72. The zero-order chi connectivity index (χ0) is 20.1. The number of carbonyl (C=O) groups excluding carboxylic acids is 1. The van der Waals surface area contributed by atoms with Gasteiger partial charge in [-0.25, -0.2) is 8.78 Å². The molecule has 2 aromatic carbocycles. The highest BCUT2D eigenvalue weighted by molar-refractivity contribution is 6.30. The number of piperazine rings is 1. The van der Waals surface area contributed by atoms with Crippen molar-refractivity contribution in [3.63, 3.8) is 0 Å². The van der Waals surface area contributed by atoms with Gasteiger partial charge >= 0.3 is 0 Å². The summed E-state index contributed by atoms with van der Waals surface area (Å²) in [5.41, 5.74) is 1.45. The Kier molecular flexibility index (Phi) is 6.99. The monoisotopic (exact) mass is 407 g/mol. The first-order chi connectivity index (χ1) is 13.4. The minimum absolute atomic E-state index is 0.167. The summed E-state index contributed by atoms with van der Waals surface area (Å²) in [4.78, 5) is 16.7. The summed E-state index contributed by atoms with van der Waals surface area (Å²) in [5, 5.41) is 3.53. The molecule has 1 fully saturated rings. The number of hydrogen-bond acceptors (Lipinski definition) is 3. The van der Waals surface area contributed by atoms with E-state index < -0.39 is 17.7 Å². The molecule has 7 heteroatoms. The van der Waals surface area contributed by atoms with Crippen molar-refractivity contribution in [3.05, 3.63) is 70.2 Å². The fraction of sp³-hybridized carbons (Fsp3) is 0.381. The molecular weight excluding hydrogens is 384 g/mol. The highest BCUT2D eigenvalue weighted by Gasteiger charge is 2.21. The van der Waals surface area contributed by atoms with Crippen LogP contribution in [0.5, 0.6) is 0 Å². The lowest BCUT2D eigenvalue weighted by Gasteiger charge is -2.34. The van der Waals surface area contributed by atoms with Crippen LogP contribution in [0.15, 0.2) is 42.5 Å². The molecule has 150 valence electrons. The summed E-state index contributed by atoms with van der Waals surface area (Å²) in [6, 6.07) is 10.7. The zero-order valence-corrected chi connectivity index (χ0v) is 16.6. The van der Waals surface area contributed by atoms with Crippen molar-refractivity contribution < 1.29 is 13.6 Å². The maximum atomic E-state index is 13.8. The van der Waals surface area contributed by atoms with Crippen LogP contribution in [0.4, 0.5) is 8.78 Å². The van der Waals surface area contributed by atoms with E-state index in [2.05, 4.69) is 21.2 Å². The van der Waals surface area contributed by atoms with Crippen LogP contribution in [-0.2, 0) is 11.3 Å². The molecule has 1 saturated heterocycles. The summed E-state index contributed by atoms with van der Waals surface area (Å²) < 4.78 is 26.9. The lowest BCUT2D eigenvalue weighted by atomic mass is 10.1. The first kappa shape index (κ1) is 20.7. The quantitative estimate of drug-likeness (QED) is 0.794. The number of benzene rings is 2. The van der Waals surface area contributed by atoms with Gasteiger partial charge in [-0.05, 0) is 30.7 Å². The molecule has 1 heterocycles. The molecule has 0 spiro atoms. The van der Waals surface area contributed by atoms with Crippen LogP contribution in [0.1, 0.15) is 24.1 Å². The highest BCUT2D eigenvalue weighted by Crippen LogP contribution is 2.18. The van der Waals surface area contributed by atoms with Gasteiger partial charge in [-0.1, -0.05) is 29.8 Å². The van der Waals surface area contributed by atoms with Crippen molar-refractivity contribution in [1.82, 2.24) is 15.1 Å². The standard InChI is InChI=1S/C21H24ClF2N3O/c1-15(19-6-5-18(23)12-20(19)24)25-21(28)14-27-9-7-26(8-10-27)13-16-3-2-4-17(22)11-16/h2-6,11-12,15H,7-10,13-14H2,1H3,(H,25,28)/t15-/m1/s1. The minimum atomic E-state index is -0.651. The van der Waals surface area contributed by atoms with Gasteiger partial charge in [-0.15, -0.1) is 0 Å². The Bertz CT molecular complexity index is 825. The molecule has 0 aromatic heterocycles. The van der Waals surface area contributed by atoms with Crippen LogP contribution in [0.25, 0.3) is 0 Å². The van der Waals surface area contributed by atoms with Crippen LogP contribution in [0, 0.1) is 11.6 Å². The molecule has 0 radical (unpaired) electrons. The number of rotatable bonds is 6. The molecule has 1 atom stereocenters. The fourth-order valence-corrected chi connectivity index (χ4v) is 3.63. The Morgan fingerprint density at radius 3 is 2.50 bits per heavy atom. The second-order valence-corrected chi connectivity index (χ2v) is 7.57. The number of nitrogens with zero attached hydrogens (tertiary/aromatic N) is 2. The molecule has 1 aliphatic heterocycles. The van der Waals surface area contributed by atoms with Crippen molar-refractivity contribution in [3.8, 4) is 0 Å².